The van der Waals surface area contributed by atoms with Crippen molar-refractivity contribution in [1.82, 2.24) is 0 Å². The quantitative estimate of drug-likeness (QED) is 0.518. The lowest BCUT2D eigenvalue weighted by atomic mass is 9.46. The van der Waals surface area contributed by atoms with Crippen molar-refractivity contribution >= 4 is 35.1 Å². The second-order valence-corrected chi connectivity index (χ2v) is 10.2. The van der Waals surface area contributed by atoms with Gasteiger partial charge in [0.05, 0.1) is 17.9 Å². The number of ether oxygens (including phenoxy) is 2. The van der Waals surface area contributed by atoms with Crippen LogP contribution in [-0.4, -0.2) is 52.3 Å². The highest BCUT2D eigenvalue weighted by atomic mass is 35.5. The Morgan fingerprint density at radius 2 is 1.93 bits per heavy atom. The summed E-state index contributed by atoms with van der Waals surface area (Å²) in [7, 11) is 0. The molecule has 0 aromatic carbocycles. The molecule has 0 spiro atoms. The maximum atomic E-state index is 13.3. The van der Waals surface area contributed by atoms with E-state index in [0.717, 1.165) is 0 Å². The molecule has 1 N–H and O–H groups in total. The summed E-state index contributed by atoms with van der Waals surface area (Å²) < 4.78 is 10.9. The number of alkyl halides is 1. The van der Waals surface area contributed by atoms with Gasteiger partial charge in [0.25, 0.3) is 0 Å². The number of rotatable bonds is 2. The van der Waals surface area contributed by atoms with Crippen LogP contribution in [0.5, 0.6) is 0 Å². The zero-order valence-corrected chi connectivity index (χ0v) is 18.3. The Morgan fingerprint density at radius 1 is 1.27 bits per heavy atom. The van der Waals surface area contributed by atoms with Gasteiger partial charge in [0, 0.05) is 35.7 Å². The third-order valence-electron chi connectivity index (χ3n) is 8.35. The molecule has 1 heterocycles. The van der Waals surface area contributed by atoms with Crippen molar-refractivity contribution in [3.05, 3.63) is 11.6 Å². The minimum absolute atomic E-state index is 0.133. The molecule has 8 atom stereocenters. The Labute approximate surface area is 180 Å². The molecule has 0 bridgehead atoms. The fraction of sp³-hybridized carbons (Fsp3) is 0.727. The first-order valence-corrected chi connectivity index (χ1v) is 10.8. The number of ketones is 2. The summed E-state index contributed by atoms with van der Waals surface area (Å²) in [6.07, 6.45) is 1.14. The van der Waals surface area contributed by atoms with Crippen LogP contribution >= 0.6 is 11.6 Å². The lowest BCUT2D eigenvalue weighted by molar-refractivity contribution is -0.193. The lowest BCUT2D eigenvalue weighted by Crippen LogP contribution is -2.64. The smallest absolute Gasteiger partial charge is 0.330 e. The zero-order valence-electron chi connectivity index (χ0n) is 17.6. The van der Waals surface area contributed by atoms with Gasteiger partial charge in [-0.3, -0.25) is 14.4 Å². The minimum atomic E-state index is -1.54. The van der Waals surface area contributed by atoms with Crippen molar-refractivity contribution in [3.8, 4) is 0 Å². The number of hydrogen-bond acceptors (Lipinski definition) is 7. The van der Waals surface area contributed by atoms with Gasteiger partial charge in [-0.2, -0.15) is 0 Å². The first kappa shape index (κ1) is 21.5. The Hall–Kier alpha value is -1.73. The highest BCUT2D eigenvalue weighted by molar-refractivity contribution is 6.23. The third-order valence-corrected chi connectivity index (χ3v) is 8.84. The predicted octanol–water partition coefficient (Wildman–Crippen LogP) is 1.97. The number of carbonyl (C=O) groups excluding carboxylic acids is 4. The summed E-state index contributed by atoms with van der Waals surface area (Å²) in [4.78, 5) is 49.8. The fourth-order valence-corrected chi connectivity index (χ4v) is 7.43. The Morgan fingerprint density at radius 3 is 2.53 bits per heavy atom. The molecule has 7 nitrogen and oxygen atoms in total. The van der Waals surface area contributed by atoms with E-state index < -0.39 is 51.7 Å². The number of carbonyl (C=O) groups is 4. The Bertz CT molecular complexity index is 881. The van der Waals surface area contributed by atoms with Gasteiger partial charge in [0.2, 0.25) is 0 Å². The summed E-state index contributed by atoms with van der Waals surface area (Å²) in [5.74, 6) is -3.04. The topological polar surface area (TPSA) is 107 Å². The monoisotopic (exact) mass is 438 g/mol. The Balaban J connectivity index is 1.84. The molecule has 0 aromatic heterocycles. The summed E-state index contributed by atoms with van der Waals surface area (Å²) >= 11 is 6.63. The van der Waals surface area contributed by atoms with E-state index in [4.69, 9.17) is 21.1 Å². The number of fused-ring (bicyclic) bond motifs is 5. The van der Waals surface area contributed by atoms with Crippen LogP contribution in [0.4, 0.5) is 0 Å². The normalized spacial score (nSPS) is 47.4. The van der Waals surface area contributed by atoms with E-state index >= 15 is 0 Å². The van der Waals surface area contributed by atoms with Gasteiger partial charge in [-0.05, 0) is 31.3 Å². The number of halogens is 1. The molecule has 8 heteroatoms. The average Bonchev–Trinajstić information content (AvgIpc) is 2.88. The van der Waals surface area contributed by atoms with Gasteiger partial charge in [-0.1, -0.05) is 13.8 Å². The van der Waals surface area contributed by atoms with Crippen LogP contribution in [0.25, 0.3) is 0 Å². The molecule has 3 aliphatic carbocycles. The highest BCUT2D eigenvalue weighted by Gasteiger charge is 2.73. The zero-order chi connectivity index (χ0) is 22.2. The second-order valence-electron chi connectivity index (χ2n) is 9.75. The van der Waals surface area contributed by atoms with Gasteiger partial charge in [-0.25, -0.2) is 4.79 Å². The molecule has 0 aromatic rings. The fourth-order valence-electron chi connectivity index (χ4n) is 6.95. The van der Waals surface area contributed by atoms with Crippen molar-refractivity contribution in [1.29, 1.82) is 0 Å². The molecule has 0 amide bonds. The molecule has 3 saturated carbocycles. The number of cyclic esters (lactones) is 1. The van der Waals surface area contributed by atoms with Crippen molar-refractivity contribution in [2.45, 2.75) is 64.0 Å². The van der Waals surface area contributed by atoms with Gasteiger partial charge < -0.3 is 14.6 Å². The maximum absolute atomic E-state index is 13.3. The van der Waals surface area contributed by atoms with E-state index in [9.17, 15) is 24.3 Å². The number of aliphatic hydroxyl groups is 1. The van der Waals surface area contributed by atoms with Gasteiger partial charge >= 0.3 is 11.9 Å². The first-order valence-electron chi connectivity index (χ1n) is 10.3. The molecular formula is C22H27ClO7. The van der Waals surface area contributed by atoms with Crippen LogP contribution in [-0.2, 0) is 28.7 Å². The van der Waals surface area contributed by atoms with Crippen LogP contribution in [0.1, 0.15) is 47.0 Å². The molecule has 164 valence electrons. The maximum Gasteiger partial charge on any atom is 0.330 e. The second kappa shape index (κ2) is 6.63. The molecule has 4 rings (SSSR count). The third kappa shape index (κ3) is 2.54. The van der Waals surface area contributed by atoms with Crippen LogP contribution in [0.15, 0.2) is 11.6 Å². The standard InChI is InChI=1S/C22H27ClO7/c1-10(24)22(30-11(2)25)8-14(26)17-16-12(5-6-21(17,22)4)20(3)9-29-15(27)7-13(20)18(23)19(16)28/h7,12,16-19,28H,5-6,8-9H2,1-4H3/t12-,16+,17-,18-,19-,20+,21-,22+/m0/s1. The SMILES string of the molecule is CC(=O)O[C@@]1(C(C)=O)CC(=O)[C@H]2[C@@H]3[C@H](O)[C@@H](Cl)C4=CC(=O)OC[C@]4(C)[C@H]3CC[C@@]21C. The van der Waals surface area contributed by atoms with Crippen molar-refractivity contribution in [2.75, 3.05) is 6.61 Å². The number of esters is 2. The largest absolute Gasteiger partial charge is 0.462 e. The van der Waals surface area contributed by atoms with E-state index in [1.807, 2.05) is 13.8 Å². The van der Waals surface area contributed by atoms with Crippen LogP contribution in [0.2, 0.25) is 0 Å². The van der Waals surface area contributed by atoms with Crippen LogP contribution < -0.4 is 0 Å². The average molecular weight is 439 g/mol. The summed E-state index contributed by atoms with van der Waals surface area (Å²) in [5, 5.41) is 10.4. The minimum Gasteiger partial charge on any atom is -0.462 e. The number of hydrogen-bond donors (Lipinski definition) is 1. The van der Waals surface area contributed by atoms with E-state index in [-0.39, 0.29) is 30.5 Å². The molecule has 4 aliphatic rings. The van der Waals surface area contributed by atoms with Gasteiger partial charge in [0.1, 0.15) is 12.4 Å². The summed E-state index contributed by atoms with van der Waals surface area (Å²) in [6, 6.07) is 0. The van der Waals surface area contributed by atoms with E-state index in [2.05, 4.69) is 0 Å². The van der Waals surface area contributed by atoms with Crippen molar-refractivity contribution in [2.24, 2.45) is 28.6 Å². The molecular weight excluding hydrogens is 412 g/mol. The lowest BCUT2D eigenvalue weighted by Gasteiger charge is -2.60. The predicted molar refractivity (Wildman–Crippen MR) is 105 cm³/mol. The highest BCUT2D eigenvalue weighted by Crippen LogP contribution is 2.67. The Kier molecular flexibility index (Phi) is 4.75. The van der Waals surface area contributed by atoms with Gasteiger partial charge in [0.15, 0.2) is 11.4 Å². The van der Waals surface area contributed by atoms with Crippen molar-refractivity contribution < 1.29 is 33.8 Å². The molecule has 0 unspecified atom stereocenters. The summed E-state index contributed by atoms with van der Waals surface area (Å²) in [6.45, 7) is 6.48. The molecule has 1 aliphatic heterocycles. The number of Topliss-reactive ketones (excluding diaryl/α,β-unsaturated/α-hetero) is 2. The van der Waals surface area contributed by atoms with E-state index in [0.29, 0.717) is 18.4 Å². The molecule has 3 fully saturated rings. The number of aliphatic hydroxyl groups excluding tert-OH is 1. The van der Waals surface area contributed by atoms with E-state index in [1.165, 1.54) is 19.9 Å². The molecule has 0 saturated heterocycles. The van der Waals surface area contributed by atoms with E-state index in [1.54, 1.807) is 0 Å². The van der Waals surface area contributed by atoms with Crippen LogP contribution in [0, 0.1) is 28.6 Å². The van der Waals surface area contributed by atoms with Gasteiger partial charge in [-0.15, -0.1) is 11.6 Å². The molecule has 0 radical (unpaired) electrons. The molecule has 30 heavy (non-hydrogen) atoms. The van der Waals surface area contributed by atoms with Crippen molar-refractivity contribution in [3.63, 3.8) is 0 Å². The summed E-state index contributed by atoms with van der Waals surface area (Å²) in [5.41, 5.74) is -2.44. The first-order chi connectivity index (χ1) is 13.9. The van der Waals surface area contributed by atoms with Crippen LogP contribution in [0.3, 0.4) is 0 Å².